The zero-order valence-electron chi connectivity index (χ0n) is 15.1. The summed E-state index contributed by atoms with van der Waals surface area (Å²) in [5.41, 5.74) is 1.44. The molecule has 2 aromatic rings. The van der Waals surface area contributed by atoms with Gasteiger partial charge in [-0.05, 0) is 30.2 Å². The number of carboxylic acid groups (broad SMARTS) is 1. The molecule has 1 atom stereocenters. The van der Waals surface area contributed by atoms with E-state index < -0.39 is 27.9 Å². The van der Waals surface area contributed by atoms with E-state index in [1.165, 1.54) is 18.2 Å². The third-order valence-corrected chi connectivity index (χ3v) is 5.53. The van der Waals surface area contributed by atoms with Gasteiger partial charge in [-0.15, -0.1) is 0 Å². The van der Waals surface area contributed by atoms with Crippen molar-refractivity contribution >= 4 is 21.9 Å². The Labute approximate surface area is 158 Å². The van der Waals surface area contributed by atoms with Gasteiger partial charge in [-0.25, -0.2) is 17.9 Å². The lowest BCUT2D eigenvalue weighted by atomic mass is 10.0. The Morgan fingerprint density at radius 1 is 1.11 bits per heavy atom. The number of hydrogen-bond acceptors (Lipinski definition) is 4. The fourth-order valence-electron chi connectivity index (χ4n) is 2.57. The number of carboxylic acids is 1. The molecule has 0 saturated carbocycles. The number of rotatable bonds is 8. The summed E-state index contributed by atoms with van der Waals surface area (Å²) in [6.07, 6.45) is 0.121. The van der Waals surface area contributed by atoms with Gasteiger partial charge in [0.25, 0.3) is 5.91 Å². The zero-order chi connectivity index (χ0) is 20.0. The highest BCUT2D eigenvalue weighted by molar-refractivity contribution is 7.89. The van der Waals surface area contributed by atoms with Crippen LogP contribution >= 0.6 is 0 Å². The molecule has 0 saturated heterocycles. The lowest BCUT2D eigenvalue weighted by molar-refractivity contribution is -0.139. The van der Waals surface area contributed by atoms with Crippen molar-refractivity contribution in [3.8, 4) is 0 Å². The molecule has 0 spiro atoms. The first-order valence-corrected chi connectivity index (χ1v) is 9.91. The minimum absolute atomic E-state index is 0.0463. The topological polar surface area (TPSA) is 113 Å². The molecule has 2 aromatic carbocycles. The zero-order valence-corrected chi connectivity index (χ0v) is 15.9. The fourth-order valence-corrected chi connectivity index (χ4v) is 3.64. The summed E-state index contributed by atoms with van der Waals surface area (Å²) in [7, 11) is -3.72. The van der Waals surface area contributed by atoms with Crippen LogP contribution in [-0.2, 0) is 21.2 Å². The maximum atomic E-state index is 12.6. The molecule has 0 aliphatic rings. The number of carbonyl (C=O) groups excluding carboxylic acids is 1. The maximum absolute atomic E-state index is 12.6. The summed E-state index contributed by atoms with van der Waals surface area (Å²) in [6, 6.07) is 12.0. The van der Waals surface area contributed by atoms with Crippen LogP contribution in [0, 0.1) is 6.92 Å². The molecule has 2 rings (SSSR count). The smallest absolute Gasteiger partial charge is 0.326 e. The SMILES string of the molecule is CCNS(=O)(=O)c1ccc(C)c(C(=O)NC(Cc2ccccc2)C(=O)O)c1. The molecule has 0 aromatic heterocycles. The minimum Gasteiger partial charge on any atom is -0.480 e. The first-order chi connectivity index (χ1) is 12.7. The highest BCUT2D eigenvalue weighted by atomic mass is 32.2. The molecule has 27 heavy (non-hydrogen) atoms. The lowest BCUT2D eigenvalue weighted by Gasteiger charge is -2.16. The second-order valence-electron chi connectivity index (χ2n) is 6.03. The van der Waals surface area contributed by atoms with Crippen LogP contribution < -0.4 is 10.0 Å². The number of sulfonamides is 1. The average molecular weight is 390 g/mol. The van der Waals surface area contributed by atoms with Crippen molar-refractivity contribution in [1.29, 1.82) is 0 Å². The Morgan fingerprint density at radius 2 is 1.78 bits per heavy atom. The molecule has 0 aliphatic carbocycles. The molecular formula is C19H22N2O5S. The van der Waals surface area contributed by atoms with Gasteiger partial charge in [0.2, 0.25) is 10.0 Å². The van der Waals surface area contributed by atoms with E-state index >= 15 is 0 Å². The predicted molar refractivity (Wildman–Crippen MR) is 101 cm³/mol. The Kier molecular flexibility index (Phi) is 6.70. The van der Waals surface area contributed by atoms with Gasteiger partial charge < -0.3 is 10.4 Å². The molecule has 0 radical (unpaired) electrons. The quantitative estimate of drug-likeness (QED) is 0.635. The number of nitrogens with one attached hydrogen (secondary N) is 2. The van der Waals surface area contributed by atoms with Crippen LogP contribution in [-0.4, -0.2) is 38.0 Å². The summed E-state index contributed by atoms with van der Waals surface area (Å²) >= 11 is 0. The highest BCUT2D eigenvalue weighted by Gasteiger charge is 2.23. The van der Waals surface area contributed by atoms with Gasteiger partial charge in [0, 0.05) is 18.5 Å². The highest BCUT2D eigenvalue weighted by Crippen LogP contribution is 2.16. The molecule has 1 amide bonds. The van der Waals surface area contributed by atoms with Crippen molar-refractivity contribution in [3.63, 3.8) is 0 Å². The van der Waals surface area contributed by atoms with Gasteiger partial charge in [-0.1, -0.05) is 43.3 Å². The van der Waals surface area contributed by atoms with Crippen LogP contribution in [0.4, 0.5) is 0 Å². The number of benzene rings is 2. The van der Waals surface area contributed by atoms with Gasteiger partial charge in [-0.2, -0.15) is 0 Å². The van der Waals surface area contributed by atoms with Crippen molar-refractivity contribution in [2.75, 3.05) is 6.54 Å². The van der Waals surface area contributed by atoms with Crippen LogP contribution in [0.5, 0.6) is 0 Å². The Bertz CT molecular complexity index is 926. The molecule has 0 aliphatic heterocycles. The molecule has 8 heteroatoms. The van der Waals surface area contributed by atoms with Gasteiger partial charge >= 0.3 is 5.97 Å². The summed E-state index contributed by atoms with van der Waals surface area (Å²) in [5, 5.41) is 11.9. The fraction of sp³-hybridized carbons (Fsp3) is 0.263. The van der Waals surface area contributed by atoms with Crippen LogP contribution in [0.15, 0.2) is 53.4 Å². The second-order valence-corrected chi connectivity index (χ2v) is 7.80. The van der Waals surface area contributed by atoms with Crippen molar-refractivity contribution in [3.05, 3.63) is 65.2 Å². The molecule has 3 N–H and O–H groups in total. The summed E-state index contributed by atoms with van der Waals surface area (Å²) in [4.78, 5) is 24.1. The standard InChI is InChI=1S/C19H22N2O5S/c1-3-20-27(25,26)15-10-9-13(2)16(12-15)18(22)21-17(19(23)24)11-14-7-5-4-6-8-14/h4-10,12,17,20H,3,11H2,1-2H3,(H,21,22)(H,23,24). The molecule has 1 unspecified atom stereocenters. The predicted octanol–water partition coefficient (Wildman–Crippen LogP) is 1.72. The van der Waals surface area contributed by atoms with Crippen LogP contribution in [0.25, 0.3) is 0 Å². The van der Waals surface area contributed by atoms with E-state index in [1.807, 2.05) is 6.07 Å². The number of amides is 1. The first-order valence-electron chi connectivity index (χ1n) is 8.42. The molecule has 144 valence electrons. The van der Waals surface area contributed by atoms with E-state index in [0.29, 0.717) is 5.56 Å². The molecule has 0 bridgehead atoms. The number of carbonyl (C=O) groups is 2. The molecular weight excluding hydrogens is 368 g/mol. The van der Waals surface area contributed by atoms with Gasteiger partial charge in [0.05, 0.1) is 4.90 Å². The normalized spacial score (nSPS) is 12.4. The van der Waals surface area contributed by atoms with E-state index in [4.69, 9.17) is 0 Å². The first kappa shape index (κ1) is 20.6. The monoisotopic (exact) mass is 390 g/mol. The van der Waals surface area contributed by atoms with E-state index in [9.17, 15) is 23.1 Å². The Morgan fingerprint density at radius 3 is 2.37 bits per heavy atom. The van der Waals surface area contributed by atoms with Crippen molar-refractivity contribution < 1.29 is 23.1 Å². The van der Waals surface area contributed by atoms with Gasteiger partial charge in [-0.3, -0.25) is 4.79 Å². The van der Waals surface area contributed by atoms with E-state index in [1.54, 1.807) is 38.1 Å². The third kappa shape index (κ3) is 5.38. The second kappa shape index (κ2) is 8.79. The minimum atomic E-state index is -3.72. The number of aliphatic carboxylic acids is 1. The average Bonchev–Trinajstić information content (AvgIpc) is 2.62. The summed E-state index contributed by atoms with van der Waals surface area (Å²) in [6.45, 7) is 3.53. The van der Waals surface area contributed by atoms with E-state index in [-0.39, 0.29) is 23.4 Å². The van der Waals surface area contributed by atoms with Crippen molar-refractivity contribution in [1.82, 2.24) is 10.0 Å². The summed E-state index contributed by atoms with van der Waals surface area (Å²) < 4.78 is 26.7. The van der Waals surface area contributed by atoms with Gasteiger partial charge in [0.15, 0.2) is 0 Å². The van der Waals surface area contributed by atoms with Crippen LogP contribution in [0.3, 0.4) is 0 Å². The van der Waals surface area contributed by atoms with Crippen LogP contribution in [0.2, 0.25) is 0 Å². The molecule has 0 fully saturated rings. The molecule has 7 nitrogen and oxygen atoms in total. The van der Waals surface area contributed by atoms with Crippen molar-refractivity contribution in [2.24, 2.45) is 0 Å². The summed E-state index contributed by atoms with van der Waals surface area (Å²) in [5.74, 6) is -1.80. The van der Waals surface area contributed by atoms with Crippen molar-refractivity contribution in [2.45, 2.75) is 31.2 Å². The third-order valence-electron chi connectivity index (χ3n) is 3.98. The lowest BCUT2D eigenvalue weighted by Crippen LogP contribution is -2.42. The van der Waals surface area contributed by atoms with Crippen LogP contribution in [0.1, 0.15) is 28.4 Å². The number of aryl methyl sites for hydroxylation is 1. The van der Waals surface area contributed by atoms with Gasteiger partial charge in [0.1, 0.15) is 6.04 Å². The Hall–Kier alpha value is -2.71. The largest absolute Gasteiger partial charge is 0.480 e. The van der Waals surface area contributed by atoms with E-state index in [0.717, 1.165) is 5.56 Å². The molecule has 0 heterocycles. The number of hydrogen-bond donors (Lipinski definition) is 3. The van der Waals surface area contributed by atoms with E-state index in [2.05, 4.69) is 10.0 Å². The maximum Gasteiger partial charge on any atom is 0.326 e. The Balaban J connectivity index is 2.26.